The van der Waals surface area contributed by atoms with Gasteiger partial charge in [-0.3, -0.25) is 0 Å². The SMILES string of the molecule is Cc1nc2ccccn2c1CNCCNC(N)=O. The highest BCUT2D eigenvalue weighted by molar-refractivity contribution is 5.71. The molecule has 2 heterocycles. The second kappa shape index (κ2) is 5.50. The van der Waals surface area contributed by atoms with Crippen LogP contribution in [0.2, 0.25) is 0 Å². The van der Waals surface area contributed by atoms with Gasteiger partial charge < -0.3 is 20.8 Å². The molecule has 0 fully saturated rings. The molecule has 6 nitrogen and oxygen atoms in total. The van der Waals surface area contributed by atoms with E-state index in [-0.39, 0.29) is 0 Å². The van der Waals surface area contributed by atoms with E-state index in [1.807, 2.05) is 31.3 Å². The summed E-state index contributed by atoms with van der Waals surface area (Å²) in [5, 5.41) is 5.78. The smallest absolute Gasteiger partial charge is 0.312 e. The predicted molar refractivity (Wildman–Crippen MR) is 69.2 cm³/mol. The summed E-state index contributed by atoms with van der Waals surface area (Å²) in [6, 6.07) is 5.43. The molecule has 6 heteroatoms. The average molecular weight is 247 g/mol. The lowest BCUT2D eigenvalue weighted by atomic mass is 10.3. The molecule has 0 aliphatic rings. The first-order valence-electron chi connectivity index (χ1n) is 5.85. The Morgan fingerprint density at radius 3 is 3.06 bits per heavy atom. The van der Waals surface area contributed by atoms with Gasteiger partial charge in [-0.15, -0.1) is 0 Å². The standard InChI is InChI=1S/C12H17N5O/c1-9-10(8-14-5-6-15-12(13)18)17-7-3-2-4-11(17)16-9/h2-4,7,14H,5-6,8H2,1H3,(H3,13,15,18). The second-order valence-electron chi connectivity index (χ2n) is 4.04. The molecule has 0 bridgehead atoms. The van der Waals surface area contributed by atoms with E-state index in [1.165, 1.54) is 0 Å². The summed E-state index contributed by atoms with van der Waals surface area (Å²) in [6.07, 6.45) is 1.99. The third kappa shape index (κ3) is 2.78. The van der Waals surface area contributed by atoms with E-state index in [0.717, 1.165) is 17.0 Å². The van der Waals surface area contributed by atoms with Gasteiger partial charge in [0.2, 0.25) is 0 Å². The number of amides is 2. The minimum Gasteiger partial charge on any atom is -0.352 e. The molecular formula is C12H17N5O. The minimum absolute atomic E-state index is 0.497. The third-order valence-corrected chi connectivity index (χ3v) is 2.72. The summed E-state index contributed by atoms with van der Waals surface area (Å²) in [5.74, 6) is 0. The van der Waals surface area contributed by atoms with Crippen LogP contribution in [-0.2, 0) is 6.54 Å². The molecule has 0 radical (unpaired) electrons. The quantitative estimate of drug-likeness (QED) is 0.669. The number of urea groups is 1. The van der Waals surface area contributed by atoms with Crippen LogP contribution in [-0.4, -0.2) is 28.5 Å². The lowest BCUT2D eigenvalue weighted by Gasteiger charge is -2.06. The maximum Gasteiger partial charge on any atom is 0.312 e. The van der Waals surface area contributed by atoms with Gasteiger partial charge in [0.15, 0.2) is 0 Å². The van der Waals surface area contributed by atoms with Gasteiger partial charge in [-0.2, -0.15) is 0 Å². The van der Waals surface area contributed by atoms with Gasteiger partial charge in [0.05, 0.1) is 11.4 Å². The molecule has 0 aliphatic carbocycles. The molecule has 2 aromatic heterocycles. The number of pyridine rings is 1. The Balaban J connectivity index is 1.95. The zero-order valence-corrected chi connectivity index (χ0v) is 10.3. The number of nitrogens with one attached hydrogen (secondary N) is 2. The van der Waals surface area contributed by atoms with Crippen LogP contribution < -0.4 is 16.4 Å². The Hall–Kier alpha value is -2.08. The molecule has 0 unspecified atom stereocenters. The fourth-order valence-corrected chi connectivity index (χ4v) is 1.86. The highest BCUT2D eigenvalue weighted by Gasteiger charge is 2.06. The van der Waals surface area contributed by atoms with E-state index < -0.39 is 6.03 Å². The number of primary amides is 1. The molecule has 0 aromatic carbocycles. The summed E-state index contributed by atoms with van der Waals surface area (Å²) < 4.78 is 2.06. The largest absolute Gasteiger partial charge is 0.352 e. The molecule has 4 N–H and O–H groups in total. The summed E-state index contributed by atoms with van der Waals surface area (Å²) in [6.45, 7) is 3.89. The van der Waals surface area contributed by atoms with Crippen molar-refractivity contribution in [2.24, 2.45) is 5.73 Å². The Labute approximate surface area is 105 Å². The van der Waals surface area contributed by atoms with E-state index in [0.29, 0.717) is 19.6 Å². The maximum atomic E-state index is 10.5. The summed E-state index contributed by atoms with van der Waals surface area (Å²) in [4.78, 5) is 15.0. The number of nitrogens with two attached hydrogens (primary N) is 1. The number of fused-ring (bicyclic) bond motifs is 1. The van der Waals surface area contributed by atoms with Crippen LogP contribution in [0.5, 0.6) is 0 Å². The number of carbonyl (C=O) groups is 1. The fourth-order valence-electron chi connectivity index (χ4n) is 1.86. The number of rotatable bonds is 5. The zero-order chi connectivity index (χ0) is 13.0. The van der Waals surface area contributed by atoms with Crippen LogP contribution in [0.1, 0.15) is 11.4 Å². The van der Waals surface area contributed by atoms with E-state index >= 15 is 0 Å². The summed E-state index contributed by atoms with van der Waals surface area (Å²) in [7, 11) is 0. The van der Waals surface area contributed by atoms with Gasteiger partial charge in [0, 0.05) is 25.8 Å². The zero-order valence-electron chi connectivity index (χ0n) is 10.3. The minimum atomic E-state index is -0.497. The maximum absolute atomic E-state index is 10.5. The van der Waals surface area contributed by atoms with Gasteiger partial charge >= 0.3 is 6.03 Å². The molecule has 2 aromatic rings. The normalized spacial score (nSPS) is 10.7. The van der Waals surface area contributed by atoms with Crippen molar-refractivity contribution in [2.45, 2.75) is 13.5 Å². The summed E-state index contributed by atoms with van der Waals surface area (Å²) >= 11 is 0. The van der Waals surface area contributed by atoms with Crippen LogP contribution in [0.25, 0.3) is 5.65 Å². The van der Waals surface area contributed by atoms with Crippen molar-refractivity contribution in [2.75, 3.05) is 13.1 Å². The first-order chi connectivity index (χ1) is 8.68. The first-order valence-corrected chi connectivity index (χ1v) is 5.85. The molecule has 2 amide bonds. The van der Waals surface area contributed by atoms with Gasteiger partial charge in [0.1, 0.15) is 5.65 Å². The average Bonchev–Trinajstić information content (AvgIpc) is 2.65. The number of carbonyl (C=O) groups excluding carboxylic acids is 1. The Morgan fingerprint density at radius 1 is 1.44 bits per heavy atom. The van der Waals surface area contributed by atoms with Crippen molar-refractivity contribution in [3.05, 3.63) is 35.8 Å². The second-order valence-corrected chi connectivity index (χ2v) is 4.04. The highest BCUT2D eigenvalue weighted by Crippen LogP contribution is 2.10. The summed E-state index contributed by atoms with van der Waals surface area (Å²) in [5.41, 5.74) is 8.06. The van der Waals surface area contributed by atoms with Crippen molar-refractivity contribution in [1.29, 1.82) is 0 Å². The predicted octanol–water partition coefficient (Wildman–Crippen LogP) is 0.401. The number of imidazole rings is 1. The first kappa shape index (κ1) is 12.4. The van der Waals surface area contributed by atoms with Crippen LogP contribution >= 0.6 is 0 Å². The van der Waals surface area contributed by atoms with E-state index in [2.05, 4.69) is 20.0 Å². The Kier molecular flexibility index (Phi) is 3.78. The van der Waals surface area contributed by atoms with Crippen molar-refractivity contribution in [3.63, 3.8) is 0 Å². The van der Waals surface area contributed by atoms with Crippen molar-refractivity contribution < 1.29 is 4.79 Å². The van der Waals surface area contributed by atoms with Crippen molar-refractivity contribution >= 4 is 11.7 Å². The van der Waals surface area contributed by atoms with Crippen LogP contribution in [0.3, 0.4) is 0 Å². The Morgan fingerprint density at radius 2 is 2.28 bits per heavy atom. The number of hydrogen-bond donors (Lipinski definition) is 3. The molecule has 0 atom stereocenters. The molecule has 2 rings (SSSR count). The van der Waals surface area contributed by atoms with Gasteiger partial charge in [0.25, 0.3) is 0 Å². The number of hydrogen-bond acceptors (Lipinski definition) is 3. The fraction of sp³-hybridized carbons (Fsp3) is 0.333. The molecule has 0 saturated carbocycles. The van der Waals surface area contributed by atoms with Crippen LogP contribution in [0.15, 0.2) is 24.4 Å². The van der Waals surface area contributed by atoms with Gasteiger partial charge in [-0.25, -0.2) is 9.78 Å². The number of aryl methyl sites for hydroxylation is 1. The van der Waals surface area contributed by atoms with E-state index in [4.69, 9.17) is 5.73 Å². The molecule has 0 saturated heterocycles. The molecular weight excluding hydrogens is 230 g/mol. The molecule has 0 spiro atoms. The monoisotopic (exact) mass is 247 g/mol. The topological polar surface area (TPSA) is 84.4 Å². The molecule has 96 valence electrons. The lowest BCUT2D eigenvalue weighted by Crippen LogP contribution is -2.35. The highest BCUT2D eigenvalue weighted by atomic mass is 16.2. The lowest BCUT2D eigenvalue weighted by molar-refractivity contribution is 0.249. The number of aromatic nitrogens is 2. The molecule has 18 heavy (non-hydrogen) atoms. The third-order valence-electron chi connectivity index (χ3n) is 2.72. The van der Waals surface area contributed by atoms with Crippen LogP contribution in [0.4, 0.5) is 4.79 Å². The van der Waals surface area contributed by atoms with Crippen molar-refractivity contribution in [3.8, 4) is 0 Å². The Bertz CT molecular complexity index is 548. The van der Waals surface area contributed by atoms with Crippen LogP contribution in [0, 0.1) is 6.92 Å². The molecule has 0 aliphatic heterocycles. The van der Waals surface area contributed by atoms with E-state index in [9.17, 15) is 4.79 Å². The van der Waals surface area contributed by atoms with Crippen molar-refractivity contribution in [1.82, 2.24) is 20.0 Å². The van der Waals surface area contributed by atoms with Gasteiger partial charge in [-0.05, 0) is 19.1 Å². The van der Waals surface area contributed by atoms with Gasteiger partial charge in [-0.1, -0.05) is 6.07 Å². The number of nitrogens with zero attached hydrogens (tertiary/aromatic N) is 2. The van der Waals surface area contributed by atoms with E-state index in [1.54, 1.807) is 0 Å².